The fourth-order valence-corrected chi connectivity index (χ4v) is 2.75. The second kappa shape index (κ2) is 5.41. The van der Waals surface area contributed by atoms with E-state index >= 15 is 0 Å². The molecule has 0 amide bonds. The first-order valence-corrected chi connectivity index (χ1v) is 7.43. The Morgan fingerprint density at radius 1 is 1.15 bits per heavy atom. The lowest BCUT2D eigenvalue weighted by Crippen LogP contribution is -2.18. The number of aromatic nitrogens is 2. The molecular formula is C17H23N3. The topological polar surface area (TPSA) is 29.9 Å². The zero-order valence-electron chi connectivity index (χ0n) is 12.6. The van der Waals surface area contributed by atoms with Crippen LogP contribution in [-0.4, -0.2) is 15.6 Å². The molecule has 0 saturated heterocycles. The van der Waals surface area contributed by atoms with Crippen LogP contribution in [0.4, 0.5) is 0 Å². The maximum absolute atomic E-state index is 4.48. The maximum atomic E-state index is 4.48. The summed E-state index contributed by atoms with van der Waals surface area (Å²) in [5.41, 5.74) is 5.30. The van der Waals surface area contributed by atoms with Crippen molar-refractivity contribution in [2.75, 3.05) is 0 Å². The molecule has 0 atom stereocenters. The van der Waals surface area contributed by atoms with Gasteiger partial charge in [0.25, 0.3) is 0 Å². The molecule has 1 aliphatic carbocycles. The smallest absolute Gasteiger partial charge is 0.106 e. The molecule has 106 valence electrons. The lowest BCUT2D eigenvalue weighted by Gasteiger charge is -2.12. The summed E-state index contributed by atoms with van der Waals surface area (Å²) in [6, 6.07) is 7.49. The molecule has 0 aliphatic heterocycles. The van der Waals surface area contributed by atoms with E-state index in [4.69, 9.17) is 0 Å². The molecule has 0 unspecified atom stereocenters. The van der Waals surface area contributed by atoms with E-state index in [1.54, 1.807) is 0 Å². The van der Waals surface area contributed by atoms with Gasteiger partial charge in [0.05, 0.1) is 5.69 Å². The quantitative estimate of drug-likeness (QED) is 0.904. The molecule has 1 heterocycles. The molecule has 3 nitrogen and oxygen atoms in total. The summed E-state index contributed by atoms with van der Waals surface area (Å²) in [5.74, 6) is 1.09. The second-order valence-electron chi connectivity index (χ2n) is 6.03. The molecule has 3 heteroatoms. The van der Waals surface area contributed by atoms with E-state index in [1.165, 1.54) is 35.2 Å². The van der Waals surface area contributed by atoms with Gasteiger partial charge in [-0.2, -0.15) is 0 Å². The first-order valence-electron chi connectivity index (χ1n) is 7.43. The van der Waals surface area contributed by atoms with Gasteiger partial charge in [-0.3, -0.25) is 0 Å². The lowest BCUT2D eigenvalue weighted by atomic mass is 10.1. The van der Waals surface area contributed by atoms with Gasteiger partial charge in [-0.1, -0.05) is 29.3 Å². The van der Waals surface area contributed by atoms with Crippen LogP contribution in [0, 0.1) is 20.8 Å². The van der Waals surface area contributed by atoms with Gasteiger partial charge < -0.3 is 9.88 Å². The van der Waals surface area contributed by atoms with Crippen molar-refractivity contribution in [3.63, 3.8) is 0 Å². The Labute approximate surface area is 121 Å². The predicted octanol–water partition coefficient (Wildman–Crippen LogP) is 3.11. The first-order chi connectivity index (χ1) is 9.61. The van der Waals surface area contributed by atoms with Crippen LogP contribution < -0.4 is 5.32 Å². The van der Waals surface area contributed by atoms with Crippen molar-refractivity contribution in [1.29, 1.82) is 0 Å². The molecule has 0 bridgehead atoms. The normalized spacial score (nSPS) is 14.8. The molecule has 20 heavy (non-hydrogen) atoms. The van der Waals surface area contributed by atoms with E-state index in [9.17, 15) is 0 Å². The molecule has 0 radical (unpaired) electrons. The monoisotopic (exact) mass is 269 g/mol. The number of nitrogens with zero attached hydrogens (tertiary/aromatic N) is 2. The van der Waals surface area contributed by atoms with Crippen LogP contribution in [0.1, 0.15) is 41.1 Å². The minimum atomic E-state index is 0.736. The molecule has 3 rings (SSSR count). The standard InChI is InChI=1S/C17H23N3/c1-12-6-13(2)8-15(7-12)11-20-14(3)18-9-17(20)10-19-16-4-5-16/h6-9,16,19H,4-5,10-11H2,1-3H3. The number of benzene rings is 1. The van der Waals surface area contributed by atoms with E-state index in [0.29, 0.717) is 0 Å². The number of nitrogens with one attached hydrogen (secondary N) is 1. The summed E-state index contributed by atoms with van der Waals surface area (Å²) in [7, 11) is 0. The Morgan fingerprint density at radius 2 is 1.85 bits per heavy atom. The van der Waals surface area contributed by atoms with Gasteiger partial charge in [0.1, 0.15) is 5.82 Å². The van der Waals surface area contributed by atoms with E-state index in [0.717, 1.165) is 25.0 Å². The number of hydrogen-bond donors (Lipinski definition) is 1. The molecule has 0 spiro atoms. The molecule has 1 aliphatic rings. The fraction of sp³-hybridized carbons (Fsp3) is 0.471. The van der Waals surface area contributed by atoms with E-state index < -0.39 is 0 Å². The number of hydrogen-bond acceptors (Lipinski definition) is 2. The maximum Gasteiger partial charge on any atom is 0.106 e. The number of aryl methyl sites for hydroxylation is 3. The zero-order chi connectivity index (χ0) is 14.1. The molecule has 1 N–H and O–H groups in total. The highest BCUT2D eigenvalue weighted by molar-refractivity contribution is 5.29. The van der Waals surface area contributed by atoms with Crippen LogP contribution in [0.3, 0.4) is 0 Å². The summed E-state index contributed by atoms with van der Waals surface area (Å²) >= 11 is 0. The highest BCUT2D eigenvalue weighted by Gasteiger charge is 2.20. The van der Waals surface area contributed by atoms with Crippen LogP contribution in [0.25, 0.3) is 0 Å². The Morgan fingerprint density at radius 3 is 2.50 bits per heavy atom. The van der Waals surface area contributed by atoms with Gasteiger partial charge in [-0.05, 0) is 39.2 Å². The predicted molar refractivity (Wildman–Crippen MR) is 81.8 cm³/mol. The third-order valence-electron chi connectivity index (χ3n) is 3.91. The van der Waals surface area contributed by atoms with Crippen molar-refractivity contribution in [3.05, 3.63) is 52.6 Å². The summed E-state index contributed by atoms with van der Waals surface area (Å²) in [5, 5.41) is 3.57. The molecule has 1 fully saturated rings. The minimum Gasteiger partial charge on any atom is -0.327 e. The van der Waals surface area contributed by atoms with E-state index in [2.05, 4.69) is 53.8 Å². The molecule has 1 aromatic heterocycles. The third kappa shape index (κ3) is 3.10. The van der Waals surface area contributed by atoms with Gasteiger partial charge in [0, 0.05) is 25.3 Å². The van der Waals surface area contributed by atoms with Crippen molar-refractivity contribution in [1.82, 2.24) is 14.9 Å². The van der Waals surface area contributed by atoms with Gasteiger partial charge in [0.15, 0.2) is 0 Å². The van der Waals surface area contributed by atoms with Crippen molar-refractivity contribution < 1.29 is 0 Å². The average Bonchev–Trinajstić information content (AvgIpc) is 3.14. The Balaban J connectivity index is 1.79. The molecule has 1 aromatic carbocycles. The Bertz CT molecular complexity index is 588. The fourth-order valence-electron chi connectivity index (χ4n) is 2.75. The van der Waals surface area contributed by atoms with E-state index in [-0.39, 0.29) is 0 Å². The van der Waals surface area contributed by atoms with Crippen molar-refractivity contribution >= 4 is 0 Å². The average molecular weight is 269 g/mol. The highest BCUT2D eigenvalue weighted by Crippen LogP contribution is 2.20. The summed E-state index contributed by atoms with van der Waals surface area (Å²) < 4.78 is 2.32. The van der Waals surface area contributed by atoms with Crippen LogP contribution in [0.2, 0.25) is 0 Å². The summed E-state index contributed by atoms with van der Waals surface area (Å²) in [4.78, 5) is 4.48. The van der Waals surface area contributed by atoms with Crippen molar-refractivity contribution in [2.24, 2.45) is 0 Å². The number of imidazole rings is 1. The van der Waals surface area contributed by atoms with E-state index in [1.807, 2.05) is 6.20 Å². The first kappa shape index (κ1) is 13.4. The van der Waals surface area contributed by atoms with Gasteiger partial charge in [-0.15, -0.1) is 0 Å². The zero-order valence-corrected chi connectivity index (χ0v) is 12.6. The van der Waals surface area contributed by atoms with Crippen LogP contribution in [0.5, 0.6) is 0 Å². The van der Waals surface area contributed by atoms with Crippen LogP contribution >= 0.6 is 0 Å². The van der Waals surface area contributed by atoms with Crippen LogP contribution in [0.15, 0.2) is 24.4 Å². The molecular weight excluding hydrogens is 246 g/mol. The van der Waals surface area contributed by atoms with Crippen molar-refractivity contribution in [2.45, 2.75) is 52.7 Å². The molecule has 2 aromatic rings. The minimum absolute atomic E-state index is 0.736. The van der Waals surface area contributed by atoms with Gasteiger partial charge >= 0.3 is 0 Å². The summed E-state index contributed by atoms with van der Waals surface area (Å²) in [6.45, 7) is 8.25. The Kier molecular flexibility index (Phi) is 3.62. The van der Waals surface area contributed by atoms with Crippen LogP contribution in [-0.2, 0) is 13.1 Å². The van der Waals surface area contributed by atoms with Crippen molar-refractivity contribution in [3.8, 4) is 0 Å². The number of rotatable bonds is 5. The molecule has 1 saturated carbocycles. The van der Waals surface area contributed by atoms with Gasteiger partial charge in [0.2, 0.25) is 0 Å². The SMILES string of the molecule is Cc1cc(C)cc(Cn2c(CNC3CC3)cnc2C)c1. The van der Waals surface area contributed by atoms with Gasteiger partial charge in [-0.25, -0.2) is 4.98 Å². The third-order valence-corrected chi connectivity index (χ3v) is 3.91. The second-order valence-corrected chi connectivity index (χ2v) is 6.03. The highest BCUT2D eigenvalue weighted by atomic mass is 15.1. The largest absolute Gasteiger partial charge is 0.327 e. The summed E-state index contributed by atoms with van der Waals surface area (Å²) in [6.07, 6.45) is 4.65. The Hall–Kier alpha value is -1.61. The lowest BCUT2D eigenvalue weighted by molar-refractivity contribution is 0.626.